The van der Waals surface area contributed by atoms with Gasteiger partial charge in [-0.3, -0.25) is 4.79 Å². The number of ether oxygens (including phenoxy) is 2. The molecule has 0 N–H and O–H groups in total. The van der Waals surface area contributed by atoms with E-state index in [0.29, 0.717) is 43.2 Å². The lowest BCUT2D eigenvalue weighted by molar-refractivity contribution is -0.137. The van der Waals surface area contributed by atoms with Gasteiger partial charge >= 0.3 is 6.18 Å². The highest BCUT2D eigenvalue weighted by Crippen LogP contribution is 2.37. The molecule has 150 valence electrons. The number of methoxy groups -OCH3 is 2. The average molecular weight is 394 g/mol. The molecule has 1 saturated heterocycles. The highest BCUT2D eigenvalue weighted by atomic mass is 19.4. The zero-order valence-electron chi connectivity index (χ0n) is 15.6. The Bertz CT molecular complexity index is 825. The number of nitrogens with zero attached hydrogens (tertiary/aromatic N) is 2. The summed E-state index contributed by atoms with van der Waals surface area (Å²) in [4.78, 5) is 16.3. The number of benzene rings is 2. The third-order valence-corrected chi connectivity index (χ3v) is 4.76. The molecule has 28 heavy (non-hydrogen) atoms. The van der Waals surface area contributed by atoms with Crippen LogP contribution in [0.5, 0.6) is 11.5 Å². The lowest BCUT2D eigenvalue weighted by Crippen LogP contribution is -2.49. The number of para-hydroxylation sites is 1. The van der Waals surface area contributed by atoms with E-state index in [1.165, 1.54) is 26.4 Å². The van der Waals surface area contributed by atoms with E-state index in [2.05, 4.69) is 0 Å². The van der Waals surface area contributed by atoms with Gasteiger partial charge in [0.15, 0.2) is 0 Å². The molecular formula is C20H21F3N2O3. The van der Waals surface area contributed by atoms with Crippen LogP contribution in [0.25, 0.3) is 0 Å². The highest BCUT2D eigenvalue weighted by molar-refractivity contribution is 5.99. The molecule has 0 spiro atoms. The molecule has 1 amide bonds. The third kappa shape index (κ3) is 3.85. The Morgan fingerprint density at radius 2 is 1.46 bits per heavy atom. The molecule has 1 aliphatic heterocycles. The predicted molar refractivity (Wildman–Crippen MR) is 99.1 cm³/mol. The van der Waals surface area contributed by atoms with Crippen molar-refractivity contribution in [3.05, 3.63) is 53.6 Å². The summed E-state index contributed by atoms with van der Waals surface area (Å²) in [6.07, 6.45) is -4.42. The number of amides is 1. The lowest BCUT2D eigenvalue weighted by Gasteiger charge is -2.37. The van der Waals surface area contributed by atoms with E-state index in [9.17, 15) is 18.0 Å². The molecule has 0 bridgehead atoms. The summed E-state index contributed by atoms with van der Waals surface area (Å²) in [7, 11) is 2.94. The van der Waals surface area contributed by atoms with Gasteiger partial charge < -0.3 is 19.3 Å². The molecule has 1 aliphatic rings. The van der Waals surface area contributed by atoms with Crippen LogP contribution in [0.2, 0.25) is 0 Å². The number of hydrogen-bond donors (Lipinski definition) is 0. The van der Waals surface area contributed by atoms with Crippen molar-refractivity contribution in [2.75, 3.05) is 45.3 Å². The van der Waals surface area contributed by atoms with Crippen LogP contribution in [0.1, 0.15) is 15.9 Å². The van der Waals surface area contributed by atoms with Gasteiger partial charge in [-0.2, -0.15) is 13.2 Å². The Hall–Kier alpha value is -2.90. The summed E-state index contributed by atoms with van der Waals surface area (Å²) in [5, 5.41) is 0. The number of hydrogen-bond acceptors (Lipinski definition) is 4. The largest absolute Gasteiger partial charge is 0.496 e. The Kier molecular flexibility index (Phi) is 5.67. The number of rotatable bonds is 4. The molecule has 1 heterocycles. The van der Waals surface area contributed by atoms with Crippen LogP contribution in [-0.4, -0.2) is 51.2 Å². The van der Waals surface area contributed by atoms with Gasteiger partial charge in [-0.25, -0.2) is 0 Å². The van der Waals surface area contributed by atoms with E-state index in [1.54, 1.807) is 34.1 Å². The molecule has 0 unspecified atom stereocenters. The number of piperazine rings is 1. The molecule has 2 aromatic carbocycles. The van der Waals surface area contributed by atoms with Crippen LogP contribution < -0.4 is 14.4 Å². The minimum Gasteiger partial charge on any atom is -0.496 e. The molecule has 0 saturated carbocycles. The Morgan fingerprint density at radius 3 is 2.00 bits per heavy atom. The fourth-order valence-electron chi connectivity index (χ4n) is 3.36. The predicted octanol–water partition coefficient (Wildman–Crippen LogP) is 3.69. The summed E-state index contributed by atoms with van der Waals surface area (Å²) in [5.74, 6) is 0.529. The topological polar surface area (TPSA) is 42.0 Å². The van der Waals surface area contributed by atoms with Crippen molar-refractivity contribution in [1.82, 2.24) is 4.90 Å². The van der Waals surface area contributed by atoms with Crippen LogP contribution in [0.3, 0.4) is 0 Å². The fourth-order valence-corrected chi connectivity index (χ4v) is 3.36. The highest BCUT2D eigenvalue weighted by Gasteiger charge is 2.35. The minimum absolute atomic E-state index is 0.136. The maximum atomic E-state index is 13.3. The zero-order chi connectivity index (χ0) is 20.3. The maximum Gasteiger partial charge on any atom is 0.418 e. The molecule has 0 radical (unpaired) electrons. The zero-order valence-corrected chi connectivity index (χ0v) is 15.6. The molecule has 2 aromatic rings. The van der Waals surface area contributed by atoms with Crippen molar-refractivity contribution in [3.8, 4) is 11.5 Å². The number of alkyl halides is 3. The SMILES string of the molecule is COc1cccc(OC)c1C(=O)N1CCN(c2ccccc2C(F)(F)F)CC1. The van der Waals surface area contributed by atoms with Crippen molar-refractivity contribution in [2.45, 2.75) is 6.18 Å². The van der Waals surface area contributed by atoms with Crippen molar-refractivity contribution in [2.24, 2.45) is 0 Å². The molecule has 0 atom stereocenters. The van der Waals surface area contributed by atoms with Crippen LogP contribution >= 0.6 is 0 Å². The van der Waals surface area contributed by atoms with Gasteiger partial charge in [0.2, 0.25) is 0 Å². The van der Waals surface area contributed by atoms with E-state index < -0.39 is 11.7 Å². The smallest absolute Gasteiger partial charge is 0.418 e. The van der Waals surface area contributed by atoms with Gasteiger partial charge in [0.25, 0.3) is 5.91 Å². The van der Waals surface area contributed by atoms with Crippen molar-refractivity contribution in [3.63, 3.8) is 0 Å². The summed E-state index contributed by atoms with van der Waals surface area (Å²) in [6, 6.07) is 10.6. The number of halogens is 3. The molecule has 0 aliphatic carbocycles. The van der Waals surface area contributed by atoms with Gasteiger partial charge in [-0.15, -0.1) is 0 Å². The van der Waals surface area contributed by atoms with Crippen LogP contribution in [-0.2, 0) is 6.18 Å². The Balaban J connectivity index is 1.78. The van der Waals surface area contributed by atoms with E-state index in [0.717, 1.165) is 6.07 Å². The molecule has 1 fully saturated rings. The van der Waals surface area contributed by atoms with Gasteiger partial charge in [-0.05, 0) is 24.3 Å². The number of carbonyl (C=O) groups excluding carboxylic acids is 1. The monoisotopic (exact) mass is 394 g/mol. The van der Waals surface area contributed by atoms with Crippen LogP contribution in [0.15, 0.2) is 42.5 Å². The van der Waals surface area contributed by atoms with E-state index in [1.807, 2.05) is 0 Å². The maximum absolute atomic E-state index is 13.3. The van der Waals surface area contributed by atoms with Crippen LogP contribution in [0.4, 0.5) is 18.9 Å². The first kappa shape index (κ1) is 19.9. The first-order chi connectivity index (χ1) is 13.4. The van der Waals surface area contributed by atoms with Gasteiger partial charge in [0.1, 0.15) is 17.1 Å². The number of anilines is 1. The van der Waals surface area contributed by atoms with Gasteiger partial charge in [-0.1, -0.05) is 18.2 Å². The van der Waals surface area contributed by atoms with E-state index in [-0.39, 0.29) is 11.6 Å². The molecule has 8 heteroatoms. The molecule has 3 rings (SSSR count). The first-order valence-corrected chi connectivity index (χ1v) is 8.78. The quantitative estimate of drug-likeness (QED) is 0.793. The van der Waals surface area contributed by atoms with Gasteiger partial charge in [0.05, 0.1) is 19.8 Å². The van der Waals surface area contributed by atoms with Gasteiger partial charge in [0, 0.05) is 31.9 Å². The van der Waals surface area contributed by atoms with Crippen molar-refractivity contribution >= 4 is 11.6 Å². The normalized spacial score (nSPS) is 14.8. The van der Waals surface area contributed by atoms with E-state index >= 15 is 0 Å². The number of carbonyl (C=O) groups is 1. The second-order valence-corrected chi connectivity index (χ2v) is 6.33. The summed E-state index contributed by atoms with van der Waals surface area (Å²) < 4.78 is 50.4. The summed E-state index contributed by atoms with van der Waals surface area (Å²) >= 11 is 0. The third-order valence-electron chi connectivity index (χ3n) is 4.76. The van der Waals surface area contributed by atoms with Crippen molar-refractivity contribution in [1.29, 1.82) is 0 Å². The van der Waals surface area contributed by atoms with E-state index in [4.69, 9.17) is 9.47 Å². The summed E-state index contributed by atoms with van der Waals surface area (Å²) in [6.45, 7) is 1.20. The Morgan fingerprint density at radius 1 is 0.893 bits per heavy atom. The first-order valence-electron chi connectivity index (χ1n) is 8.78. The van der Waals surface area contributed by atoms with Crippen LogP contribution in [0, 0.1) is 0 Å². The second kappa shape index (κ2) is 8.00. The second-order valence-electron chi connectivity index (χ2n) is 6.33. The molecular weight excluding hydrogens is 373 g/mol. The van der Waals surface area contributed by atoms with Crippen molar-refractivity contribution < 1.29 is 27.4 Å². The summed E-state index contributed by atoms with van der Waals surface area (Å²) in [5.41, 5.74) is -0.213. The Labute approximate surface area is 161 Å². The standard InChI is InChI=1S/C20H21F3N2O3/c1-27-16-8-5-9-17(28-2)18(16)19(26)25-12-10-24(11-13-25)15-7-4-3-6-14(15)20(21,22)23/h3-9H,10-13H2,1-2H3. The molecule has 5 nitrogen and oxygen atoms in total. The average Bonchev–Trinajstić information content (AvgIpc) is 2.72. The lowest BCUT2D eigenvalue weighted by atomic mass is 10.1. The fraction of sp³-hybridized carbons (Fsp3) is 0.350. The minimum atomic E-state index is -4.42. The molecule has 0 aromatic heterocycles.